The van der Waals surface area contributed by atoms with Crippen molar-refractivity contribution in [1.82, 2.24) is 9.88 Å². The van der Waals surface area contributed by atoms with Crippen LogP contribution in [0, 0.1) is 0 Å². The Morgan fingerprint density at radius 1 is 1.63 bits per heavy atom. The van der Waals surface area contributed by atoms with Gasteiger partial charge in [-0.3, -0.25) is 4.79 Å². The predicted octanol–water partition coefficient (Wildman–Crippen LogP) is 2.03. The van der Waals surface area contributed by atoms with Gasteiger partial charge in [0, 0.05) is 32.9 Å². The van der Waals surface area contributed by atoms with Crippen molar-refractivity contribution in [1.29, 1.82) is 0 Å². The lowest BCUT2D eigenvalue weighted by molar-refractivity contribution is 0.0562. The van der Waals surface area contributed by atoms with Crippen LogP contribution >= 0.6 is 11.6 Å². The van der Waals surface area contributed by atoms with Crippen molar-refractivity contribution in [2.75, 3.05) is 32.1 Å². The highest BCUT2D eigenvalue weighted by Crippen LogP contribution is 2.20. The van der Waals surface area contributed by atoms with Crippen LogP contribution in [0.3, 0.4) is 0 Å². The summed E-state index contributed by atoms with van der Waals surface area (Å²) in [6.45, 7) is 3.97. The molecule has 19 heavy (non-hydrogen) atoms. The van der Waals surface area contributed by atoms with E-state index in [0.717, 1.165) is 6.42 Å². The molecular weight excluding hydrogens is 266 g/mol. The van der Waals surface area contributed by atoms with Crippen molar-refractivity contribution in [3.63, 3.8) is 0 Å². The monoisotopic (exact) mass is 283 g/mol. The van der Waals surface area contributed by atoms with Crippen LogP contribution in [0.15, 0.2) is 12.3 Å². The number of pyridine rings is 1. The first kappa shape index (κ1) is 14.1. The van der Waals surface area contributed by atoms with Crippen LogP contribution in [0.5, 0.6) is 0 Å². The Labute approximate surface area is 117 Å². The number of hydrogen-bond donors (Lipinski definition) is 1. The number of halogens is 1. The van der Waals surface area contributed by atoms with Gasteiger partial charge < -0.3 is 15.0 Å². The molecule has 0 spiro atoms. The number of carbonyl (C=O) groups is 1. The Hall–Kier alpha value is -1.33. The Balaban J connectivity index is 2.16. The number of hydrogen-bond acceptors (Lipinski definition) is 4. The molecule has 1 N–H and O–H groups in total. The van der Waals surface area contributed by atoms with E-state index in [-0.39, 0.29) is 12.0 Å². The molecule has 0 bridgehead atoms. The van der Waals surface area contributed by atoms with E-state index in [1.807, 2.05) is 6.92 Å². The Kier molecular flexibility index (Phi) is 4.61. The summed E-state index contributed by atoms with van der Waals surface area (Å²) in [5.74, 6) is 0.528. The molecule has 104 valence electrons. The zero-order valence-corrected chi connectivity index (χ0v) is 11.9. The molecule has 0 aliphatic carbocycles. The molecule has 0 saturated carbocycles. The van der Waals surface area contributed by atoms with Crippen molar-refractivity contribution in [2.45, 2.75) is 19.4 Å². The second-order valence-electron chi connectivity index (χ2n) is 4.59. The van der Waals surface area contributed by atoms with Crippen LogP contribution in [-0.2, 0) is 4.74 Å². The molecule has 6 heteroatoms. The molecule has 1 aliphatic heterocycles. The van der Waals surface area contributed by atoms with Crippen molar-refractivity contribution < 1.29 is 9.53 Å². The van der Waals surface area contributed by atoms with Crippen LogP contribution in [-0.4, -0.2) is 48.6 Å². The normalized spacial score (nSPS) is 19.9. The maximum Gasteiger partial charge on any atom is 0.255 e. The molecule has 1 atom stereocenters. The molecule has 2 rings (SSSR count). The van der Waals surface area contributed by atoms with E-state index >= 15 is 0 Å². The molecule has 1 aromatic heterocycles. The van der Waals surface area contributed by atoms with Gasteiger partial charge in [-0.25, -0.2) is 4.98 Å². The number of carbonyl (C=O) groups excluding carboxylic acids is 1. The third-order valence-electron chi connectivity index (χ3n) is 3.06. The van der Waals surface area contributed by atoms with E-state index < -0.39 is 0 Å². The lowest BCUT2D eigenvalue weighted by Gasteiger charge is -2.22. The number of nitrogens with zero attached hydrogens (tertiary/aromatic N) is 2. The lowest BCUT2D eigenvalue weighted by Crippen LogP contribution is -2.36. The minimum absolute atomic E-state index is 0.0468. The number of nitrogens with one attached hydrogen (secondary N) is 1. The molecule has 1 saturated heterocycles. The standard InChI is InChI=1S/C13H18ClN3O2/c1-9-8-17(4-3-5-19-9)13(18)10-6-11(14)12(15-2)16-7-10/h6-7,9H,3-5,8H2,1-2H3,(H,15,16). The van der Waals surface area contributed by atoms with Crippen molar-refractivity contribution >= 4 is 23.3 Å². The Morgan fingerprint density at radius 2 is 2.42 bits per heavy atom. The van der Waals surface area contributed by atoms with Crippen LogP contribution in [0.2, 0.25) is 5.02 Å². The van der Waals surface area contributed by atoms with E-state index in [0.29, 0.717) is 36.1 Å². The van der Waals surface area contributed by atoms with Gasteiger partial charge in [-0.05, 0) is 19.4 Å². The summed E-state index contributed by atoms with van der Waals surface area (Å²) in [4.78, 5) is 18.3. The van der Waals surface area contributed by atoms with Crippen molar-refractivity contribution in [2.24, 2.45) is 0 Å². The quantitative estimate of drug-likeness (QED) is 0.902. The molecule has 0 radical (unpaired) electrons. The molecule has 1 unspecified atom stereocenters. The average Bonchev–Trinajstić information content (AvgIpc) is 2.62. The molecule has 1 fully saturated rings. The molecule has 1 aliphatic rings. The fourth-order valence-electron chi connectivity index (χ4n) is 2.10. The van der Waals surface area contributed by atoms with Gasteiger partial charge in [0.25, 0.3) is 5.91 Å². The summed E-state index contributed by atoms with van der Waals surface area (Å²) in [6.07, 6.45) is 2.47. The molecule has 1 aromatic rings. The van der Waals surface area contributed by atoms with Crippen LogP contribution in [0.4, 0.5) is 5.82 Å². The van der Waals surface area contributed by atoms with E-state index in [1.54, 1.807) is 24.2 Å². The first-order chi connectivity index (χ1) is 9.11. The van der Waals surface area contributed by atoms with Gasteiger partial charge >= 0.3 is 0 Å². The second kappa shape index (κ2) is 6.21. The van der Waals surface area contributed by atoms with Gasteiger partial charge in [-0.1, -0.05) is 11.6 Å². The van der Waals surface area contributed by atoms with Gasteiger partial charge in [0.2, 0.25) is 0 Å². The molecular formula is C13H18ClN3O2. The number of rotatable bonds is 2. The fraction of sp³-hybridized carbons (Fsp3) is 0.538. The SMILES string of the molecule is CNc1ncc(C(=O)N2CCCOC(C)C2)cc1Cl. The maximum atomic E-state index is 12.4. The number of aromatic nitrogens is 1. The second-order valence-corrected chi connectivity index (χ2v) is 5.00. The van der Waals surface area contributed by atoms with Gasteiger partial charge in [0.1, 0.15) is 5.82 Å². The van der Waals surface area contributed by atoms with Gasteiger partial charge in [-0.2, -0.15) is 0 Å². The number of ether oxygens (including phenoxy) is 1. The summed E-state index contributed by atoms with van der Waals surface area (Å²) < 4.78 is 5.53. The first-order valence-corrected chi connectivity index (χ1v) is 6.73. The summed E-state index contributed by atoms with van der Waals surface area (Å²) in [7, 11) is 1.74. The van der Waals surface area contributed by atoms with Gasteiger partial charge in [-0.15, -0.1) is 0 Å². The average molecular weight is 284 g/mol. The molecule has 0 aromatic carbocycles. The largest absolute Gasteiger partial charge is 0.377 e. The van der Waals surface area contributed by atoms with Crippen LogP contribution in [0.1, 0.15) is 23.7 Å². The van der Waals surface area contributed by atoms with E-state index in [2.05, 4.69) is 10.3 Å². The lowest BCUT2D eigenvalue weighted by atomic mass is 10.2. The first-order valence-electron chi connectivity index (χ1n) is 6.36. The third kappa shape index (κ3) is 3.36. The van der Waals surface area contributed by atoms with Crippen molar-refractivity contribution in [3.05, 3.63) is 22.8 Å². The third-order valence-corrected chi connectivity index (χ3v) is 3.35. The highest BCUT2D eigenvalue weighted by atomic mass is 35.5. The van der Waals surface area contributed by atoms with Crippen molar-refractivity contribution in [3.8, 4) is 0 Å². The highest BCUT2D eigenvalue weighted by molar-refractivity contribution is 6.33. The smallest absolute Gasteiger partial charge is 0.255 e. The van der Waals surface area contributed by atoms with Gasteiger partial charge in [0.15, 0.2) is 0 Å². The molecule has 2 heterocycles. The number of anilines is 1. The van der Waals surface area contributed by atoms with E-state index in [9.17, 15) is 4.79 Å². The summed E-state index contributed by atoms with van der Waals surface area (Å²) in [5, 5.41) is 3.32. The summed E-state index contributed by atoms with van der Waals surface area (Å²) >= 11 is 6.05. The fourth-order valence-corrected chi connectivity index (χ4v) is 2.36. The minimum Gasteiger partial charge on any atom is -0.377 e. The summed E-state index contributed by atoms with van der Waals surface area (Å²) in [6, 6.07) is 1.65. The topological polar surface area (TPSA) is 54.5 Å². The predicted molar refractivity (Wildman–Crippen MR) is 74.7 cm³/mol. The minimum atomic E-state index is -0.0468. The zero-order valence-electron chi connectivity index (χ0n) is 11.1. The molecule has 5 nitrogen and oxygen atoms in total. The van der Waals surface area contributed by atoms with Crippen LogP contribution in [0.25, 0.3) is 0 Å². The zero-order chi connectivity index (χ0) is 13.8. The Bertz CT molecular complexity index is 467. The molecule has 1 amide bonds. The summed E-state index contributed by atoms with van der Waals surface area (Å²) in [5.41, 5.74) is 0.512. The highest BCUT2D eigenvalue weighted by Gasteiger charge is 2.21. The number of amides is 1. The van der Waals surface area contributed by atoms with Crippen LogP contribution < -0.4 is 5.32 Å². The maximum absolute atomic E-state index is 12.4. The van der Waals surface area contributed by atoms with Gasteiger partial charge in [0.05, 0.1) is 16.7 Å². The Morgan fingerprint density at radius 3 is 3.11 bits per heavy atom. The van der Waals surface area contributed by atoms with E-state index in [4.69, 9.17) is 16.3 Å². The van der Waals surface area contributed by atoms with E-state index in [1.165, 1.54) is 0 Å².